The summed E-state index contributed by atoms with van der Waals surface area (Å²) in [6.07, 6.45) is 1.74. The van der Waals surface area contributed by atoms with Crippen LogP contribution in [0.5, 0.6) is 0 Å². The molecule has 0 aliphatic rings. The molecule has 0 saturated heterocycles. The van der Waals surface area contributed by atoms with E-state index in [1.807, 2.05) is 25.1 Å². The van der Waals surface area contributed by atoms with E-state index >= 15 is 0 Å². The van der Waals surface area contributed by atoms with Crippen LogP contribution in [0.1, 0.15) is 16.8 Å². The van der Waals surface area contributed by atoms with E-state index in [1.165, 1.54) is 6.07 Å². The van der Waals surface area contributed by atoms with Crippen molar-refractivity contribution in [3.05, 3.63) is 75.6 Å². The Morgan fingerprint density at radius 1 is 1.29 bits per heavy atom. The average Bonchev–Trinajstić information content (AvgIpc) is 2.58. The average molecular weight is 318 g/mol. The number of nitriles is 1. The van der Waals surface area contributed by atoms with Crippen LogP contribution in [0.25, 0.3) is 10.8 Å². The van der Waals surface area contributed by atoms with Crippen molar-refractivity contribution in [2.75, 3.05) is 5.32 Å². The largest absolute Gasteiger partial charge is 0.380 e. The number of hydrogen-bond donors (Lipinski definition) is 1. The van der Waals surface area contributed by atoms with Crippen molar-refractivity contribution < 1.29 is 4.92 Å². The highest BCUT2D eigenvalue weighted by Crippen LogP contribution is 2.34. The van der Waals surface area contributed by atoms with Crippen molar-refractivity contribution in [1.82, 2.24) is 4.98 Å². The standard InChI is InChI=1S/C18H14N4O2/c1-12-9-13(7-8-20-12)11-21-16-5-6-17(22(23)24)18-14(10-19)3-2-4-15(16)18/h2-9,21H,11H2,1H3. The summed E-state index contributed by atoms with van der Waals surface area (Å²) < 4.78 is 0. The smallest absolute Gasteiger partial charge is 0.278 e. The molecule has 0 bridgehead atoms. The number of anilines is 1. The zero-order chi connectivity index (χ0) is 17.1. The summed E-state index contributed by atoms with van der Waals surface area (Å²) in [7, 11) is 0. The normalized spacial score (nSPS) is 10.3. The first kappa shape index (κ1) is 15.4. The molecular weight excluding hydrogens is 304 g/mol. The third kappa shape index (κ3) is 2.88. The fourth-order valence-electron chi connectivity index (χ4n) is 2.70. The lowest BCUT2D eigenvalue weighted by atomic mass is 10.0. The number of pyridine rings is 1. The van der Waals surface area contributed by atoms with E-state index < -0.39 is 4.92 Å². The van der Waals surface area contributed by atoms with Gasteiger partial charge < -0.3 is 5.32 Å². The van der Waals surface area contributed by atoms with Gasteiger partial charge in [-0.05, 0) is 36.8 Å². The molecule has 0 atom stereocenters. The number of nitrogens with zero attached hydrogens (tertiary/aromatic N) is 3. The van der Waals surface area contributed by atoms with Crippen LogP contribution in [-0.2, 0) is 6.54 Å². The summed E-state index contributed by atoms with van der Waals surface area (Å²) in [6, 6.07) is 14.1. The van der Waals surface area contributed by atoms with Crippen LogP contribution in [0, 0.1) is 28.4 Å². The van der Waals surface area contributed by atoms with E-state index in [0.717, 1.165) is 16.9 Å². The molecule has 1 N–H and O–H groups in total. The van der Waals surface area contributed by atoms with Gasteiger partial charge in [0.15, 0.2) is 0 Å². The minimum atomic E-state index is -0.459. The maximum atomic E-state index is 11.3. The second-order valence-corrected chi connectivity index (χ2v) is 5.39. The number of benzene rings is 2. The molecule has 6 heteroatoms. The molecule has 0 spiro atoms. The first-order valence-electron chi connectivity index (χ1n) is 7.36. The lowest BCUT2D eigenvalue weighted by Crippen LogP contribution is -2.02. The molecule has 0 saturated carbocycles. The molecule has 1 aromatic heterocycles. The number of nitro groups is 1. The van der Waals surface area contributed by atoms with Crippen LogP contribution < -0.4 is 5.32 Å². The van der Waals surface area contributed by atoms with Gasteiger partial charge in [-0.15, -0.1) is 0 Å². The molecule has 0 radical (unpaired) electrons. The van der Waals surface area contributed by atoms with Gasteiger partial charge in [-0.2, -0.15) is 5.26 Å². The Bertz CT molecular complexity index is 976. The maximum absolute atomic E-state index is 11.3. The Kier molecular flexibility index (Phi) is 4.08. The summed E-state index contributed by atoms with van der Waals surface area (Å²) >= 11 is 0. The summed E-state index contributed by atoms with van der Waals surface area (Å²) in [5, 5.41) is 24.9. The Morgan fingerprint density at radius 2 is 2.12 bits per heavy atom. The van der Waals surface area contributed by atoms with Crippen LogP contribution in [0.4, 0.5) is 11.4 Å². The van der Waals surface area contributed by atoms with E-state index in [0.29, 0.717) is 22.9 Å². The molecule has 24 heavy (non-hydrogen) atoms. The highest BCUT2D eigenvalue weighted by atomic mass is 16.6. The monoisotopic (exact) mass is 318 g/mol. The summed E-state index contributed by atoms with van der Waals surface area (Å²) in [6.45, 7) is 2.48. The summed E-state index contributed by atoms with van der Waals surface area (Å²) in [5.41, 5.74) is 2.97. The SMILES string of the molecule is Cc1cc(CNc2ccc([N+](=O)[O-])c3c(C#N)cccc23)ccn1. The topological polar surface area (TPSA) is 91.9 Å². The van der Waals surface area contributed by atoms with Gasteiger partial charge in [-0.3, -0.25) is 15.1 Å². The van der Waals surface area contributed by atoms with Gasteiger partial charge in [0.05, 0.1) is 15.9 Å². The highest BCUT2D eigenvalue weighted by Gasteiger charge is 2.17. The fourth-order valence-corrected chi connectivity index (χ4v) is 2.70. The quantitative estimate of drug-likeness (QED) is 0.581. The number of nitro benzene ring substituents is 1. The van der Waals surface area contributed by atoms with Crippen molar-refractivity contribution in [2.45, 2.75) is 13.5 Å². The molecule has 118 valence electrons. The van der Waals surface area contributed by atoms with Gasteiger partial charge in [0, 0.05) is 35.6 Å². The molecule has 0 amide bonds. The predicted octanol–water partition coefficient (Wildman–Crippen LogP) is 3.94. The van der Waals surface area contributed by atoms with Crippen LogP contribution in [0.15, 0.2) is 48.7 Å². The van der Waals surface area contributed by atoms with Crippen LogP contribution in [-0.4, -0.2) is 9.91 Å². The third-order valence-electron chi connectivity index (χ3n) is 3.78. The minimum Gasteiger partial charge on any atom is -0.380 e. The molecule has 0 unspecified atom stereocenters. The minimum absolute atomic E-state index is 0.0625. The summed E-state index contributed by atoms with van der Waals surface area (Å²) in [4.78, 5) is 15.0. The number of aryl methyl sites for hydroxylation is 1. The zero-order valence-electron chi connectivity index (χ0n) is 13.0. The molecule has 0 aliphatic carbocycles. The number of nitrogens with one attached hydrogen (secondary N) is 1. The van der Waals surface area contributed by atoms with Gasteiger partial charge in [0.2, 0.25) is 0 Å². The lowest BCUT2D eigenvalue weighted by Gasteiger charge is -2.11. The van der Waals surface area contributed by atoms with E-state index in [9.17, 15) is 15.4 Å². The zero-order valence-corrected chi connectivity index (χ0v) is 13.0. The molecule has 0 fully saturated rings. The van der Waals surface area contributed by atoms with Crippen molar-refractivity contribution in [1.29, 1.82) is 5.26 Å². The third-order valence-corrected chi connectivity index (χ3v) is 3.78. The van der Waals surface area contributed by atoms with Crippen LogP contribution >= 0.6 is 0 Å². The number of fused-ring (bicyclic) bond motifs is 1. The van der Waals surface area contributed by atoms with Gasteiger partial charge >= 0.3 is 0 Å². The summed E-state index contributed by atoms with van der Waals surface area (Å²) in [5.74, 6) is 0. The van der Waals surface area contributed by atoms with Crippen molar-refractivity contribution in [2.24, 2.45) is 0 Å². The second-order valence-electron chi connectivity index (χ2n) is 5.39. The molecular formula is C18H14N4O2. The molecule has 2 aromatic carbocycles. The second kappa shape index (κ2) is 6.34. The Morgan fingerprint density at radius 3 is 2.83 bits per heavy atom. The van der Waals surface area contributed by atoms with E-state index in [4.69, 9.17) is 0 Å². The Labute approximate surface area is 138 Å². The van der Waals surface area contributed by atoms with Gasteiger partial charge in [0.25, 0.3) is 5.69 Å². The number of hydrogen-bond acceptors (Lipinski definition) is 5. The van der Waals surface area contributed by atoms with Gasteiger partial charge in [-0.25, -0.2) is 0 Å². The first-order valence-corrected chi connectivity index (χ1v) is 7.36. The molecule has 3 aromatic rings. The van der Waals surface area contributed by atoms with Crippen molar-refractivity contribution in [3.63, 3.8) is 0 Å². The Balaban J connectivity index is 2.05. The van der Waals surface area contributed by atoms with E-state index in [-0.39, 0.29) is 5.69 Å². The number of rotatable bonds is 4. The lowest BCUT2D eigenvalue weighted by molar-refractivity contribution is -0.383. The van der Waals surface area contributed by atoms with Crippen molar-refractivity contribution in [3.8, 4) is 6.07 Å². The van der Waals surface area contributed by atoms with Gasteiger partial charge in [-0.1, -0.05) is 12.1 Å². The first-order chi connectivity index (χ1) is 11.6. The van der Waals surface area contributed by atoms with Crippen molar-refractivity contribution >= 4 is 22.1 Å². The van der Waals surface area contributed by atoms with E-state index in [1.54, 1.807) is 30.5 Å². The van der Waals surface area contributed by atoms with Gasteiger partial charge in [0.1, 0.15) is 6.07 Å². The number of non-ortho nitro benzene ring substituents is 1. The molecule has 3 rings (SSSR count). The fraction of sp³-hybridized carbons (Fsp3) is 0.111. The molecule has 1 heterocycles. The number of aromatic nitrogens is 1. The Hall–Kier alpha value is -3.46. The molecule has 0 aliphatic heterocycles. The van der Waals surface area contributed by atoms with Crippen LogP contribution in [0.2, 0.25) is 0 Å². The predicted molar refractivity (Wildman–Crippen MR) is 91.6 cm³/mol. The highest BCUT2D eigenvalue weighted by molar-refractivity contribution is 6.03. The van der Waals surface area contributed by atoms with E-state index in [2.05, 4.69) is 10.3 Å². The van der Waals surface area contributed by atoms with Crippen LogP contribution in [0.3, 0.4) is 0 Å². The maximum Gasteiger partial charge on any atom is 0.278 e. The molecule has 6 nitrogen and oxygen atoms in total.